The Morgan fingerprint density at radius 2 is 2.09 bits per heavy atom. The van der Waals surface area contributed by atoms with E-state index in [2.05, 4.69) is 52.0 Å². The summed E-state index contributed by atoms with van der Waals surface area (Å²) in [5.41, 5.74) is 5.94. The molecule has 1 fully saturated rings. The Kier molecular flexibility index (Phi) is 6.00. The highest BCUT2D eigenvalue weighted by molar-refractivity contribution is 6.14. The number of ether oxygens (including phenoxy) is 1. The number of aryl methyl sites for hydroxylation is 1. The molecular weight excluding hydrogens is 428 g/mol. The van der Waals surface area contributed by atoms with Gasteiger partial charge in [0.2, 0.25) is 0 Å². The van der Waals surface area contributed by atoms with E-state index in [0.717, 1.165) is 66.3 Å². The van der Waals surface area contributed by atoms with E-state index in [1.165, 1.54) is 5.56 Å². The Morgan fingerprint density at radius 3 is 2.79 bits per heavy atom. The smallest absolute Gasteiger partial charge is 0.358 e. The fourth-order valence-electron chi connectivity index (χ4n) is 5.24. The lowest BCUT2D eigenvalue weighted by Gasteiger charge is -2.42. The second-order valence-corrected chi connectivity index (χ2v) is 10.6. The molecule has 180 valence electrons. The average molecular weight is 464 g/mol. The summed E-state index contributed by atoms with van der Waals surface area (Å²) in [7, 11) is 1.69. The number of nitrogens with zero attached hydrogens (tertiary/aromatic N) is 5. The molecule has 1 unspecified atom stereocenters. The van der Waals surface area contributed by atoms with Gasteiger partial charge in [0.15, 0.2) is 6.10 Å². The van der Waals surface area contributed by atoms with E-state index < -0.39 is 5.60 Å². The molecular formula is C26H35N6O2+. The van der Waals surface area contributed by atoms with Gasteiger partial charge in [-0.15, -0.1) is 0 Å². The van der Waals surface area contributed by atoms with Crippen LogP contribution in [0.5, 0.6) is 0 Å². The molecule has 0 radical (unpaired) electrons. The van der Waals surface area contributed by atoms with E-state index in [0.29, 0.717) is 11.8 Å². The maximum Gasteiger partial charge on any atom is 0.358 e. The molecule has 2 aromatic heterocycles. The zero-order chi connectivity index (χ0) is 24.0. The van der Waals surface area contributed by atoms with Gasteiger partial charge < -0.3 is 14.8 Å². The van der Waals surface area contributed by atoms with Gasteiger partial charge in [-0.1, -0.05) is 18.5 Å². The summed E-state index contributed by atoms with van der Waals surface area (Å²) < 4.78 is 7.45. The summed E-state index contributed by atoms with van der Waals surface area (Å²) in [5.74, 6) is 1.77. The number of rotatable bonds is 8. The van der Waals surface area contributed by atoms with Crippen molar-refractivity contribution < 1.29 is 14.5 Å². The van der Waals surface area contributed by atoms with Crippen molar-refractivity contribution in [3.63, 3.8) is 0 Å². The maximum absolute atomic E-state index is 10.0. The summed E-state index contributed by atoms with van der Waals surface area (Å²) in [4.78, 5) is 15.4. The number of pyridine rings is 1. The zero-order valence-corrected chi connectivity index (χ0v) is 20.7. The quantitative estimate of drug-likeness (QED) is 0.589. The minimum absolute atomic E-state index is 0.240. The van der Waals surface area contributed by atoms with Crippen LogP contribution in [0.2, 0.25) is 0 Å². The van der Waals surface area contributed by atoms with Crippen molar-refractivity contribution in [2.45, 2.75) is 58.2 Å². The lowest BCUT2D eigenvalue weighted by atomic mass is 9.92. The number of methoxy groups -OCH3 is 1. The summed E-state index contributed by atoms with van der Waals surface area (Å²) in [6.07, 6.45) is 7.51. The third kappa shape index (κ3) is 4.50. The molecule has 0 spiro atoms. The van der Waals surface area contributed by atoms with Crippen LogP contribution in [-0.2, 0) is 11.2 Å². The summed E-state index contributed by atoms with van der Waals surface area (Å²) in [5, 5.41) is 14.3. The highest BCUT2D eigenvalue weighted by atomic mass is 16.5. The van der Waals surface area contributed by atoms with Crippen LogP contribution in [0.15, 0.2) is 28.3 Å². The first-order valence-corrected chi connectivity index (χ1v) is 12.2. The highest BCUT2D eigenvalue weighted by Crippen LogP contribution is 2.33. The lowest BCUT2D eigenvalue weighted by molar-refractivity contribution is -0.408. The minimum Gasteiger partial charge on any atom is -0.389 e. The number of β-amino-alcohol motifs (C(OH)–C–C–N with tert-alkyl or cyclic N) is 1. The first kappa shape index (κ1) is 23.1. The molecule has 2 N–H and O–H groups in total. The van der Waals surface area contributed by atoms with E-state index in [1.54, 1.807) is 18.1 Å². The molecule has 0 aromatic carbocycles. The van der Waals surface area contributed by atoms with Crippen molar-refractivity contribution in [3.8, 4) is 0 Å². The van der Waals surface area contributed by atoms with Gasteiger partial charge in [-0.2, -0.15) is 0 Å². The van der Waals surface area contributed by atoms with Crippen molar-refractivity contribution in [1.29, 1.82) is 0 Å². The summed E-state index contributed by atoms with van der Waals surface area (Å²) in [6.45, 7) is 11.0. The molecule has 34 heavy (non-hydrogen) atoms. The van der Waals surface area contributed by atoms with Crippen molar-refractivity contribution in [3.05, 3.63) is 35.2 Å². The van der Waals surface area contributed by atoms with Crippen molar-refractivity contribution >= 4 is 35.0 Å². The first-order chi connectivity index (χ1) is 16.2. The van der Waals surface area contributed by atoms with Crippen LogP contribution in [0.3, 0.4) is 0 Å². The van der Waals surface area contributed by atoms with Gasteiger partial charge in [-0.25, -0.2) is 0 Å². The van der Waals surface area contributed by atoms with Gasteiger partial charge in [0, 0.05) is 43.6 Å². The van der Waals surface area contributed by atoms with Crippen molar-refractivity contribution in [2.75, 3.05) is 26.7 Å². The molecule has 8 heteroatoms. The van der Waals surface area contributed by atoms with Crippen LogP contribution >= 0.6 is 0 Å². The van der Waals surface area contributed by atoms with Gasteiger partial charge in [-0.3, -0.25) is 9.88 Å². The van der Waals surface area contributed by atoms with Crippen LogP contribution in [-0.4, -0.2) is 81.5 Å². The Labute approximate surface area is 200 Å². The number of H-pyrrole nitrogens is 1. The van der Waals surface area contributed by atoms with Gasteiger partial charge in [0.25, 0.3) is 6.34 Å². The van der Waals surface area contributed by atoms with Crippen LogP contribution in [0.25, 0.3) is 16.6 Å². The third-order valence-corrected chi connectivity index (χ3v) is 6.76. The van der Waals surface area contributed by atoms with Crippen molar-refractivity contribution in [2.24, 2.45) is 16.0 Å². The topological polar surface area (TPSA) is 89.1 Å². The predicted molar refractivity (Wildman–Crippen MR) is 136 cm³/mol. The van der Waals surface area contributed by atoms with Crippen LogP contribution in [0.4, 0.5) is 0 Å². The number of fused-ring (bicyclic) bond motifs is 2. The molecule has 5 heterocycles. The van der Waals surface area contributed by atoms with Crippen LogP contribution in [0, 0.1) is 5.92 Å². The van der Waals surface area contributed by atoms with E-state index >= 15 is 0 Å². The minimum atomic E-state index is -0.624. The van der Waals surface area contributed by atoms with Gasteiger partial charge >= 0.3 is 5.84 Å². The second kappa shape index (κ2) is 8.83. The largest absolute Gasteiger partial charge is 0.389 e. The number of aromatic amines is 1. The number of nitrogens with one attached hydrogen (secondary N) is 1. The SMILES string of the molecule is COC1C=C(c2[nH]c3ccc(CCC4CN(CC(C)(C)O)C4)nc3c2C(C)C)C=[N+]2N=CN=C12. The summed E-state index contributed by atoms with van der Waals surface area (Å²) >= 11 is 0. The van der Waals surface area contributed by atoms with E-state index in [4.69, 9.17) is 9.72 Å². The molecule has 3 aliphatic rings. The number of aliphatic imine (C=N–C) groups is 1. The fourth-order valence-corrected chi connectivity index (χ4v) is 5.24. The van der Waals surface area contributed by atoms with E-state index in [-0.39, 0.29) is 6.10 Å². The molecule has 1 atom stereocenters. The zero-order valence-electron chi connectivity index (χ0n) is 20.7. The van der Waals surface area contributed by atoms with Gasteiger partial charge in [-0.05, 0) is 66.8 Å². The molecule has 0 amide bonds. The lowest BCUT2D eigenvalue weighted by Crippen LogP contribution is -2.52. The number of hydrazone groups is 1. The molecule has 0 saturated carbocycles. The first-order valence-electron chi connectivity index (χ1n) is 12.2. The highest BCUT2D eigenvalue weighted by Gasteiger charge is 2.35. The molecule has 8 nitrogen and oxygen atoms in total. The molecule has 5 rings (SSSR count). The normalized spacial score (nSPS) is 21.0. The number of hydrogen-bond acceptors (Lipinski definition) is 6. The maximum atomic E-state index is 10.0. The number of likely N-dealkylation sites (tertiary alicyclic amines) is 1. The predicted octanol–water partition coefficient (Wildman–Crippen LogP) is 3.17. The molecule has 2 aromatic rings. The number of aliphatic hydroxyl groups is 1. The number of amidine groups is 1. The standard InChI is InChI=1S/C26H35N6O2/c1-16(2)22-23(18-10-21(34-5)25-27-15-28-32(25)13-18)30-20-9-8-19(29-24(20)22)7-6-17-11-31(12-17)14-26(3,4)33/h8-10,13,15-17,21,30,33H,6-7,11-12,14H2,1-5H3/q+1. The molecule has 3 aliphatic heterocycles. The van der Waals surface area contributed by atoms with Gasteiger partial charge in [0.05, 0.1) is 22.3 Å². The average Bonchev–Trinajstić information content (AvgIpc) is 3.37. The third-order valence-electron chi connectivity index (χ3n) is 6.76. The second-order valence-electron chi connectivity index (χ2n) is 10.6. The Bertz CT molecular complexity index is 1210. The number of hydrogen-bond donors (Lipinski definition) is 2. The molecule has 0 aliphatic carbocycles. The van der Waals surface area contributed by atoms with Crippen molar-refractivity contribution in [1.82, 2.24) is 14.9 Å². The van der Waals surface area contributed by atoms with E-state index in [1.807, 2.05) is 20.1 Å². The number of allylic oxidation sites excluding steroid dienone is 1. The fraction of sp³-hybridized carbons (Fsp3) is 0.538. The van der Waals surface area contributed by atoms with Crippen LogP contribution < -0.4 is 0 Å². The molecule has 0 bridgehead atoms. The monoisotopic (exact) mass is 463 g/mol. The Balaban J connectivity index is 1.37. The van der Waals surface area contributed by atoms with Gasteiger partial charge in [0.1, 0.15) is 6.21 Å². The molecule has 1 saturated heterocycles. The number of aromatic nitrogens is 2. The Morgan fingerprint density at radius 1 is 1.29 bits per heavy atom. The van der Waals surface area contributed by atoms with E-state index in [9.17, 15) is 5.11 Å². The Hall–Kier alpha value is -2.68. The van der Waals surface area contributed by atoms with Crippen LogP contribution in [0.1, 0.15) is 57.0 Å². The summed E-state index contributed by atoms with van der Waals surface area (Å²) in [6, 6.07) is 4.30.